The van der Waals surface area contributed by atoms with Crippen LogP contribution in [0.1, 0.15) is 13.3 Å². The highest BCUT2D eigenvalue weighted by Gasteiger charge is 2.40. The second-order valence-corrected chi connectivity index (χ2v) is 6.79. The Morgan fingerprint density at radius 2 is 1.79 bits per heavy atom. The fourth-order valence-corrected chi connectivity index (χ4v) is 3.68. The molecule has 1 saturated heterocycles. The highest BCUT2D eigenvalue weighted by Crippen LogP contribution is 2.26. The number of epoxide rings is 1. The first-order valence-corrected chi connectivity index (χ1v) is 6.86. The number of ether oxygens (including phenoxy) is 1. The zero-order valence-corrected chi connectivity index (χ0v) is 10.4. The topological polar surface area (TPSA) is 40.2 Å². The lowest BCUT2D eigenvalue weighted by Gasteiger charge is -2.26. The van der Waals surface area contributed by atoms with Crippen LogP contribution in [0, 0.1) is 5.92 Å². The summed E-state index contributed by atoms with van der Waals surface area (Å²) in [5.74, 6) is 0.522. The Hall–Kier alpha value is 0.0569. The summed E-state index contributed by atoms with van der Waals surface area (Å²) in [7, 11) is 2.58. The molecule has 1 aliphatic heterocycles. The molecule has 2 atom stereocenters. The molecule has 0 saturated carbocycles. The minimum absolute atomic E-state index is 0.460. The summed E-state index contributed by atoms with van der Waals surface area (Å²) < 4.78 is 21.3. The van der Waals surface area contributed by atoms with Crippen LogP contribution >= 0.6 is 0 Å². The van der Waals surface area contributed by atoms with E-state index in [0.717, 1.165) is 19.1 Å². The summed E-state index contributed by atoms with van der Waals surface area (Å²) in [6.45, 7) is 3.09. The lowest BCUT2D eigenvalue weighted by atomic mass is 10.1. The average molecular weight is 220 g/mol. The van der Waals surface area contributed by atoms with Gasteiger partial charge in [-0.2, -0.15) is 0 Å². The highest BCUT2D eigenvalue weighted by atomic mass is 28.4. The molecule has 1 fully saturated rings. The number of rotatable bonds is 7. The quantitative estimate of drug-likeness (QED) is 0.479. The summed E-state index contributed by atoms with van der Waals surface area (Å²) in [4.78, 5) is 0. The summed E-state index contributed by atoms with van der Waals surface area (Å²) in [6.07, 6.45) is 1.53. The molecule has 2 unspecified atom stereocenters. The van der Waals surface area contributed by atoms with Gasteiger partial charge in [0.1, 0.15) is 0 Å². The lowest BCUT2D eigenvalue weighted by molar-refractivity contribution is 0.118. The average Bonchev–Trinajstić information content (AvgIpc) is 2.98. The monoisotopic (exact) mass is 220 g/mol. The van der Waals surface area contributed by atoms with Gasteiger partial charge in [0, 0.05) is 27.4 Å². The third-order valence-electron chi connectivity index (χ3n) is 2.60. The van der Waals surface area contributed by atoms with Crippen molar-refractivity contribution in [3.05, 3.63) is 0 Å². The van der Waals surface area contributed by atoms with Gasteiger partial charge in [-0.25, -0.2) is 0 Å². The normalized spacial score (nSPS) is 23.6. The first-order chi connectivity index (χ1) is 6.65. The summed E-state index contributed by atoms with van der Waals surface area (Å²) >= 11 is 0. The van der Waals surface area contributed by atoms with Gasteiger partial charge in [0.2, 0.25) is 0 Å². The number of hydrogen-bond acceptors (Lipinski definition) is 4. The molecule has 0 spiro atoms. The van der Waals surface area contributed by atoms with Crippen molar-refractivity contribution in [2.24, 2.45) is 5.92 Å². The van der Waals surface area contributed by atoms with Crippen LogP contribution in [0.4, 0.5) is 0 Å². The maximum absolute atomic E-state index is 5.36. The van der Waals surface area contributed by atoms with Crippen molar-refractivity contribution in [3.63, 3.8) is 0 Å². The third kappa shape index (κ3) is 3.32. The van der Waals surface area contributed by atoms with Crippen molar-refractivity contribution < 1.29 is 18.0 Å². The molecule has 1 heterocycles. The molecule has 14 heavy (non-hydrogen) atoms. The van der Waals surface area contributed by atoms with Gasteiger partial charge in [-0.3, -0.25) is 0 Å². The maximum atomic E-state index is 5.36. The molecule has 0 aromatic carbocycles. The molecule has 5 heteroatoms. The van der Waals surface area contributed by atoms with Crippen LogP contribution in [-0.2, 0) is 18.0 Å². The van der Waals surface area contributed by atoms with Gasteiger partial charge in [0.15, 0.2) is 0 Å². The van der Waals surface area contributed by atoms with Crippen LogP contribution < -0.4 is 0 Å². The minimum atomic E-state index is -2.38. The van der Waals surface area contributed by atoms with Gasteiger partial charge in [0.05, 0.1) is 12.7 Å². The van der Waals surface area contributed by atoms with E-state index in [4.69, 9.17) is 18.0 Å². The largest absolute Gasteiger partial charge is 0.500 e. The van der Waals surface area contributed by atoms with Crippen LogP contribution in [0.3, 0.4) is 0 Å². The Bertz CT molecular complexity index is 160. The fourth-order valence-electron chi connectivity index (χ4n) is 1.66. The smallest absolute Gasteiger partial charge is 0.377 e. The van der Waals surface area contributed by atoms with E-state index in [0.29, 0.717) is 12.0 Å². The van der Waals surface area contributed by atoms with Gasteiger partial charge < -0.3 is 18.0 Å². The van der Waals surface area contributed by atoms with E-state index >= 15 is 0 Å². The lowest BCUT2D eigenvalue weighted by Crippen LogP contribution is -2.44. The van der Waals surface area contributed by atoms with Crippen molar-refractivity contribution in [1.29, 1.82) is 0 Å². The second-order valence-electron chi connectivity index (χ2n) is 3.80. The molecular formula is C9H20O4Si. The van der Waals surface area contributed by atoms with Crippen molar-refractivity contribution in [2.75, 3.05) is 27.9 Å². The third-order valence-corrected chi connectivity index (χ3v) is 5.66. The SMILES string of the molecule is CO[Si](CC(C)CC1CO1)(OC)OC. The van der Waals surface area contributed by atoms with Gasteiger partial charge in [-0.15, -0.1) is 0 Å². The molecule has 1 rings (SSSR count). The van der Waals surface area contributed by atoms with Crippen molar-refractivity contribution >= 4 is 8.80 Å². The van der Waals surface area contributed by atoms with E-state index < -0.39 is 8.80 Å². The molecule has 0 aromatic rings. The molecule has 0 bridgehead atoms. The van der Waals surface area contributed by atoms with Crippen LogP contribution in [0.5, 0.6) is 0 Å². The Labute approximate surface area is 86.9 Å². The van der Waals surface area contributed by atoms with Crippen LogP contribution in [0.2, 0.25) is 6.04 Å². The van der Waals surface area contributed by atoms with Gasteiger partial charge in [-0.1, -0.05) is 6.92 Å². The van der Waals surface area contributed by atoms with E-state index in [1.807, 2.05) is 0 Å². The van der Waals surface area contributed by atoms with Crippen LogP contribution in [-0.4, -0.2) is 42.8 Å². The molecule has 0 aromatic heterocycles. The number of hydrogen-bond donors (Lipinski definition) is 0. The molecule has 4 nitrogen and oxygen atoms in total. The van der Waals surface area contributed by atoms with Gasteiger partial charge >= 0.3 is 8.80 Å². The van der Waals surface area contributed by atoms with Gasteiger partial charge in [-0.05, 0) is 12.3 Å². The predicted octanol–water partition coefficient (Wildman–Crippen LogP) is 1.29. The maximum Gasteiger partial charge on any atom is 0.500 e. The minimum Gasteiger partial charge on any atom is -0.377 e. The zero-order chi connectivity index (χ0) is 10.6. The molecule has 0 N–H and O–H groups in total. The summed E-state index contributed by atoms with van der Waals surface area (Å²) in [5.41, 5.74) is 0. The standard InChI is InChI=1S/C9H20O4Si/c1-8(5-9-6-13-9)7-14(10-2,11-3)12-4/h8-9H,5-7H2,1-4H3. The van der Waals surface area contributed by atoms with Crippen molar-refractivity contribution in [2.45, 2.75) is 25.5 Å². The Morgan fingerprint density at radius 1 is 1.29 bits per heavy atom. The van der Waals surface area contributed by atoms with E-state index in [-0.39, 0.29) is 0 Å². The second kappa shape index (κ2) is 5.23. The van der Waals surface area contributed by atoms with Crippen LogP contribution in [0.25, 0.3) is 0 Å². The van der Waals surface area contributed by atoms with Crippen molar-refractivity contribution in [1.82, 2.24) is 0 Å². The molecule has 0 amide bonds. The van der Waals surface area contributed by atoms with E-state index in [1.165, 1.54) is 0 Å². The fraction of sp³-hybridized carbons (Fsp3) is 1.00. The van der Waals surface area contributed by atoms with E-state index in [9.17, 15) is 0 Å². The molecule has 0 aliphatic carbocycles. The highest BCUT2D eigenvalue weighted by molar-refractivity contribution is 6.60. The van der Waals surface area contributed by atoms with E-state index in [2.05, 4.69) is 6.92 Å². The van der Waals surface area contributed by atoms with Gasteiger partial charge in [0.25, 0.3) is 0 Å². The molecule has 1 aliphatic rings. The van der Waals surface area contributed by atoms with E-state index in [1.54, 1.807) is 21.3 Å². The summed E-state index contributed by atoms with van der Waals surface area (Å²) in [6, 6.07) is 0.858. The van der Waals surface area contributed by atoms with Crippen LogP contribution in [0.15, 0.2) is 0 Å². The first-order valence-electron chi connectivity index (χ1n) is 4.93. The predicted molar refractivity (Wildman–Crippen MR) is 55.1 cm³/mol. The van der Waals surface area contributed by atoms with Crippen molar-refractivity contribution in [3.8, 4) is 0 Å². The Balaban J connectivity index is 2.35. The Morgan fingerprint density at radius 3 is 2.14 bits per heavy atom. The first kappa shape index (κ1) is 12.1. The zero-order valence-electron chi connectivity index (χ0n) is 9.41. The molecule has 0 radical (unpaired) electrons. The molecular weight excluding hydrogens is 200 g/mol. The summed E-state index contributed by atoms with van der Waals surface area (Å²) in [5, 5.41) is 0. The molecule has 84 valence electrons. The Kier molecular flexibility index (Phi) is 4.53.